The lowest BCUT2D eigenvalue weighted by molar-refractivity contribution is 0.477. The zero-order valence-corrected chi connectivity index (χ0v) is 6.78. The Bertz CT molecular complexity index is 412. The Morgan fingerprint density at radius 3 is 2.62 bits per heavy atom. The van der Waals surface area contributed by atoms with Crippen LogP contribution >= 0.6 is 0 Å². The van der Waals surface area contributed by atoms with Crippen LogP contribution in [0.3, 0.4) is 0 Å². The monoisotopic (exact) mass is 173 g/mol. The van der Waals surface area contributed by atoms with Crippen LogP contribution in [0.5, 0.6) is 5.75 Å². The van der Waals surface area contributed by atoms with Crippen LogP contribution in [0.15, 0.2) is 12.1 Å². The lowest BCUT2D eigenvalue weighted by Crippen LogP contribution is -1.97. The summed E-state index contributed by atoms with van der Waals surface area (Å²) in [6.07, 6.45) is 0.0309. The highest BCUT2D eigenvalue weighted by Gasteiger charge is 2.09. The fourth-order valence-electron chi connectivity index (χ4n) is 1.03. The van der Waals surface area contributed by atoms with Gasteiger partial charge in [-0.1, -0.05) is 0 Å². The number of nitriles is 2. The first kappa shape index (κ1) is 8.89. The number of rotatable bonds is 1. The third-order valence-corrected chi connectivity index (χ3v) is 1.71. The summed E-state index contributed by atoms with van der Waals surface area (Å²) in [4.78, 5) is 0. The van der Waals surface area contributed by atoms with Gasteiger partial charge in [0.15, 0.2) is 0 Å². The van der Waals surface area contributed by atoms with E-state index in [0.717, 1.165) is 0 Å². The minimum Gasteiger partial charge on any atom is -0.506 e. The number of benzene rings is 1. The predicted molar refractivity (Wildman–Crippen MR) is 46.6 cm³/mol. The molecule has 1 aromatic rings. The SMILES string of the molecule is N#CCc1c(C#N)ccc(O)c1N. The summed E-state index contributed by atoms with van der Waals surface area (Å²) in [6.45, 7) is 0. The zero-order chi connectivity index (χ0) is 9.84. The Morgan fingerprint density at radius 2 is 2.08 bits per heavy atom. The molecular formula is C9H7N3O. The molecule has 0 atom stereocenters. The maximum absolute atomic E-state index is 9.20. The van der Waals surface area contributed by atoms with E-state index in [0.29, 0.717) is 11.1 Å². The number of phenolic OH excluding ortho intramolecular Hbond substituents is 1. The molecular weight excluding hydrogens is 166 g/mol. The molecule has 0 heterocycles. The number of hydrogen-bond acceptors (Lipinski definition) is 4. The van der Waals surface area contributed by atoms with Gasteiger partial charge in [0.1, 0.15) is 5.75 Å². The molecule has 0 saturated heterocycles. The second-order valence-electron chi connectivity index (χ2n) is 2.47. The topological polar surface area (TPSA) is 93.8 Å². The van der Waals surface area contributed by atoms with Crippen molar-refractivity contribution >= 4 is 5.69 Å². The maximum Gasteiger partial charge on any atom is 0.138 e. The molecule has 0 aliphatic rings. The fourth-order valence-corrected chi connectivity index (χ4v) is 1.03. The van der Waals surface area contributed by atoms with Crippen LogP contribution in [-0.4, -0.2) is 5.11 Å². The lowest BCUT2D eigenvalue weighted by Gasteiger charge is -2.05. The summed E-state index contributed by atoms with van der Waals surface area (Å²) < 4.78 is 0. The van der Waals surface area contributed by atoms with Gasteiger partial charge >= 0.3 is 0 Å². The molecule has 4 heteroatoms. The molecule has 0 aliphatic heterocycles. The molecule has 13 heavy (non-hydrogen) atoms. The highest BCUT2D eigenvalue weighted by atomic mass is 16.3. The number of hydrogen-bond donors (Lipinski definition) is 2. The standard InChI is InChI=1S/C9H7N3O/c10-4-3-7-6(5-11)1-2-8(13)9(7)12/h1-2,13H,3,12H2. The van der Waals surface area contributed by atoms with Crippen LogP contribution in [-0.2, 0) is 6.42 Å². The average Bonchev–Trinajstić information content (AvgIpc) is 2.14. The van der Waals surface area contributed by atoms with Crippen LogP contribution in [0.25, 0.3) is 0 Å². The lowest BCUT2D eigenvalue weighted by atomic mass is 10.0. The van der Waals surface area contributed by atoms with Crippen molar-refractivity contribution in [2.75, 3.05) is 5.73 Å². The van der Waals surface area contributed by atoms with Crippen molar-refractivity contribution in [1.29, 1.82) is 10.5 Å². The molecule has 0 amide bonds. The summed E-state index contributed by atoms with van der Waals surface area (Å²) in [5.74, 6) is -0.0933. The Morgan fingerprint density at radius 1 is 1.38 bits per heavy atom. The Labute approximate surface area is 75.4 Å². The molecule has 0 unspecified atom stereocenters. The van der Waals surface area contributed by atoms with Gasteiger partial charge in [0.05, 0.1) is 29.8 Å². The smallest absolute Gasteiger partial charge is 0.138 e. The molecule has 0 spiro atoms. The van der Waals surface area contributed by atoms with Crippen molar-refractivity contribution in [1.82, 2.24) is 0 Å². The molecule has 64 valence electrons. The van der Waals surface area contributed by atoms with Crippen molar-refractivity contribution in [3.8, 4) is 17.9 Å². The first-order valence-corrected chi connectivity index (χ1v) is 3.58. The van der Waals surface area contributed by atoms with Crippen molar-refractivity contribution in [3.05, 3.63) is 23.3 Å². The third-order valence-electron chi connectivity index (χ3n) is 1.71. The summed E-state index contributed by atoms with van der Waals surface area (Å²) in [7, 11) is 0. The van der Waals surface area contributed by atoms with Crippen LogP contribution in [0, 0.1) is 22.7 Å². The van der Waals surface area contributed by atoms with Gasteiger partial charge in [-0.05, 0) is 12.1 Å². The van der Waals surface area contributed by atoms with Crippen molar-refractivity contribution < 1.29 is 5.11 Å². The van der Waals surface area contributed by atoms with Gasteiger partial charge in [-0.3, -0.25) is 0 Å². The summed E-state index contributed by atoms with van der Waals surface area (Å²) in [6, 6.07) is 6.58. The van der Waals surface area contributed by atoms with E-state index in [1.165, 1.54) is 12.1 Å². The highest BCUT2D eigenvalue weighted by molar-refractivity contribution is 5.63. The number of aromatic hydroxyl groups is 1. The van der Waals surface area contributed by atoms with E-state index in [4.69, 9.17) is 16.3 Å². The predicted octanol–water partition coefficient (Wildman–Crippen LogP) is 0.912. The molecule has 4 nitrogen and oxygen atoms in total. The average molecular weight is 173 g/mol. The van der Waals surface area contributed by atoms with Crippen LogP contribution in [0.1, 0.15) is 11.1 Å². The molecule has 0 aromatic heterocycles. The number of nitrogen functional groups attached to an aromatic ring is 1. The van der Waals surface area contributed by atoms with Gasteiger partial charge in [0, 0.05) is 5.56 Å². The summed E-state index contributed by atoms with van der Waals surface area (Å²) >= 11 is 0. The summed E-state index contributed by atoms with van der Waals surface area (Å²) in [5, 5.41) is 26.3. The summed E-state index contributed by atoms with van der Waals surface area (Å²) in [5.41, 5.74) is 6.33. The molecule has 3 N–H and O–H groups in total. The van der Waals surface area contributed by atoms with E-state index in [1.54, 1.807) is 0 Å². The normalized spacial score (nSPS) is 8.77. The Balaban J connectivity index is 3.36. The van der Waals surface area contributed by atoms with Gasteiger partial charge in [0.25, 0.3) is 0 Å². The van der Waals surface area contributed by atoms with E-state index < -0.39 is 0 Å². The van der Waals surface area contributed by atoms with Crippen LogP contribution in [0.2, 0.25) is 0 Å². The minimum absolute atomic E-state index is 0.0309. The van der Waals surface area contributed by atoms with Crippen molar-refractivity contribution in [3.63, 3.8) is 0 Å². The molecule has 0 radical (unpaired) electrons. The van der Waals surface area contributed by atoms with E-state index in [1.807, 2.05) is 12.1 Å². The molecule has 0 saturated carbocycles. The first-order chi connectivity index (χ1) is 6.20. The number of anilines is 1. The fraction of sp³-hybridized carbons (Fsp3) is 0.111. The number of nitrogens with two attached hydrogens (primary N) is 1. The van der Waals surface area contributed by atoms with E-state index in [-0.39, 0.29) is 17.9 Å². The van der Waals surface area contributed by atoms with Gasteiger partial charge in [0.2, 0.25) is 0 Å². The quantitative estimate of drug-likeness (QED) is 0.487. The minimum atomic E-state index is -0.0933. The second-order valence-corrected chi connectivity index (χ2v) is 2.47. The molecule has 1 aromatic carbocycles. The van der Waals surface area contributed by atoms with E-state index in [9.17, 15) is 5.11 Å². The number of phenols is 1. The van der Waals surface area contributed by atoms with Crippen LogP contribution in [0.4, 0.5) is 5.69 Å². The van der Waals surface area contributed by atoms with E-state index >= 15 is 0 Å². The van der Waals surface area contributed by atoms with Crippen LogP contribution < -0.4 is 5.73 Å². The van der Waals surface area contributed by atoms with Crippen molar-refractivity contribution in [2.24, 2.45) is 0 Å². The van der Waals surface area contributed by atoms with Gasteiger partial charge in [-0.25, -0.2) is 0 Å². The largest absolute Gasteiger partial charge is 0.506 e. The van der Waals surface area contributed by atoms with Gasteiger partial charge < -0.3 is 10.8 Å². The van der Waals surface area contributed by atoms with Gasteiger partial charge in [-0.15, -0.1) is 0 Å². The van der Waals surface area contributed by atoms with Gasteiger partial charge in [-0.2, -0.15) is 10.5 Å². The Kier molecular flexibility index (Phi) is 2.37. The van der Waals surface area contributed by atoms with Crippen molar-refractivity contribution in [2.45, 2.75) is 6.42 Å². The third kappa shape index (κ3) is 1.52. The number of nitrogens with zero attached hydrogens (tertiary/aromatic N) is 2. The molecule has 0 aliphatic carbocycles. The Hall–Kier alpha value is -2.20. The molecule has 1 rings (SSSR count). The highest BCUT2D eigenvalue weighted by Crippen LogP contribution is 2.26. The van der Waals surface area contributed by atoms with E-state index in [2.05, 4.69) is 0 Å². The first-order valence-electron chi connectivity index (χ1n) is 3.58. The molecule has 0 bridgehead atoms. The molecule has 0 fully saturated rings. The maximum atomic E-state index is 9.20. The zero-order valence-electron chi connectivity index (χ0n) is 6.78. The second kappa shape index (κ2) is 3.46.